The lowest BCUT2D eigenvalue weighted by Crippen LogP contribution is -2.30. The summed E-state index contributed by atoms with van der Waals surface area (Å²) in [6, 6.07) is 4.84. The quantitative estimate of drug-likeness (QED) is 0.823. The molecule has 2 aromatic rings. The summed E-state index contributed by atoms with van der Waals surface area (Å²) in [7, 11) is 0. The second-order valence-corrected chi connectivity index (χ2v) is 5.11. The Labute approximate surface area is 118 Å². The molecule has 21 heavy (non-hydrogen) atoms. The zero-order valence-electron chi connectivity index (χ0n) is 10.9. The van der Waals surface area contributed by atoms with Crippen LogP contribution in [0.2, 0.25) is 0 Å². The highest BCUT2D eigenvalue weighted by molar-refractivity contribution is 5.94. The number of nitrogens with zero attached hydrogens (tertiary/aromatic N) is 2. The summed E-state index contributed by atoms with van der Waals surface area (Å²) < 4.78 is 52.6. The molecule has 1 aliphatic rings. The maximum Gasteiger partial charge on any atom is 0.418 e. The number of alkyl halides is 4. The van der Waals surface area contributed by atoms with E-state index in [2.05, 4.69) is 4.98 Å². The van der Waals surface area contributed by atoms with E-state index in [1.54, 1.807) is 17.0 Å². The molecule has 2 unspecified atom stereocenters. The monoisotopic (exact) mass is 299 g/mol. The summed E-state index contributed by atoms with van der Waals surface area (Å²) in [5.74, 6) is 0. The highest BCUT2D eigenvalue weighted by atomic mass is 19.4. The lowest BCUT2D eigenvalue weighted by Gasteiger charge is -2.21. The van der Waals surface area contributed by atoms with Gasteiger partial charge in [0.25, 0.3) is 0 Å². The van der Waals surface area contributed by atoms with Crippen molar-refractivity contribution >= 4 is 16.6 Å². The number of hydrogen-bond acceptors (Lipinski definition) is 3. The Bertz CT molecular complexity index is 661. The first-order valence-electron chi connectivity index (χ1n) is 6.47. The summed E-state index contributed by atoms with van der Waals surface area (Å²) >= 11 is 0. The van der Waals surface area contributed by atoms with Gasteiger partial charge < -0.3 is 10.6 Å². The standard InChI is InChI=1S/C14H13F4N3/c15-10-6-21(7-11(10)19)12-4-3-9(14(16,17)18)13-8(12)2-1-5-20-13/h1-5,10-11H,6-7,19H2. The van der Waals surface area contributed by atoms with E-state index in [0.717, 1.165) is 6.07 Å². The Balaban J connectivity index is 2.14. The molecule has 0 bridgehead atoms. The molecule has 7 heteroatoms. The van der Waals surface area contributed by atoms with E-state index >= 15 is 0 Å². The maximum absolute atomic E-state index is 13.6. The molecule has 3 rings (SSSR count). The summed E-state index contributed by atoms with van der Waals surface area (Å²) in [5.41, 5.74) is 5.25. The Morgan fingerprint density at radius 2 is 1.95 bits per heavy atom. The van der Waals surface area contributed by atoms with E-state index in [9.17, 15) is 17.6 Å². The van der Waals surface area contributed by atoms with Gasteiger partial charge in [-0.15, -0.1) is 0 Å². The van der Waals surface area contributed by atoms with Gasteiger partial charge in [-0.05, 0) is 24.3 Å². The molecule has 2 heterocycles. The van der Waals surface area contributed by atoms with E-state index in [1.807, 2.05) is 0 Å². The molecule has 0 radical (unpaired) electrons. The molecule has 1 fully saturated rings. The van der Waals surface area contributed by atoms with E-state index in [0.29, 0.717) is 11.1 Å². The van der Waals surface area contributed by atoms with E-state index in [4.69, 9.17) is 5.73 Å². The van der Waals surface area contributed by atoms with Gasteiger partial charge in [0.1, 0.15) is 6.17 Å². The third kappa shape index (κ3) is 2.42. The third-order valence-corrected chi connectivity index (χ3v) is 3.68. The minimum atomic E-state index is -4.48. The first kappa shape index (κ1) is 14.1. The normalized spacial score (nSPS) is 23.0. The number of pyridine rings is 1. The average molecular weight is 299 g/mol. The molecule has 1 aliphatic heterocycles. The van der Waals surface area contributed by atoms with Gasteiger partial charge in [-0.3, -0.25) is 4.98 Å². The topological polar surface area (TPSA) is 42.1 Å². The summed E-state index contributed by atoms with van der Waals surface area (Å²) in [6.45, 7) is 0.354. The van der Waals surface area contributed by atoms with Crippen LogP contribution in [-0.4, -0.2) is 30.3 Å². The van der Waals surface area contributed by atoms with Crippen molar-refractivity contribution in [2.45, 2.75) is 18.4 Å². The van der Waals surface area contributed by atoms with Gasteiger partial charge in [0.2, 0.25) is 0 Å². The zero-order valence-corrected chi connectivity index (χ0v) is 10.9. The number of benzene rings is 1. The molecule has 3 nitrogen and oxygen atoms in total. The second-order valence-electron chi connectivity index (χ2n) is 5.11. The Kier molecular flexibility index (Phi) is 3.24. The fourth-order valence-electron chi connectivity index (χ4n) is 2.65. The van der Waals surface area contributed by atoms with Crippen molar-refractivity contribution in [3.63, 3.8) is 0 Å². The molecular weight excluding hydrogens is 286 g/mol. The van der Waals surface area contributed by atoms with Gasteiger partial charge in [0, 0.05) is 23.8 Å². The molecule has 2 atom stereocenters. The number of anilines is 1. The van der Waals surface area contributed by atoms with E-state index in [1.165, 1.54) is 12.3 Å². The molecule has 1 aromatic carbocycles. The molecule has 112 valence electrons. The first-order chi connectivity index (χ1) is 9.88. The van der Waals surface area contributed by atoms with Crippen molar-refractivity contribution in [1.82, 2.24) is 4.98 Å². The van der Waals surface area contributed by atoms with Gasteiger partial charge >= 0.3 is 6.18 Å². The van der Waals surface area contributed by atoms with Crippen LogP contribution in [0.5, 0.6) is 0 Å². The van der Waals surface area contributed by atoms with Gasteiger partial charge in [-0.1, -0.05) is 0 Å². The number of aromatic nitrogens is 1. The number of fused-ring (bicyclic) bond motifs is 1. The summed E-state index contributed by atoms with van der Waals surface area (Å²) in [5, 5.41) is 0.355. The molecular formula is C14H13F4N3. The Morgan fingerprint density at radius 3 is 2.57 bits per heavy atom. The minimum absolute atomic E-state index is 0.0799. The van der Waals surface area contributed by atoms with Crippen molar-refractivity contribution < 1.29 is 17.6 Å². The van der Waals surface area contributed by atoms with Crippen molar-refractivity contribution in [2.75, 3.05) is 18.0 Å². The van der Waals surface area contributed by atoms with Crippen LogP contribution < -0.4 is 10.6 Å². The number of halogens is 4. The maximum atomic E-state index is 13.6. The summed E-state index contributed by atoms with van der Waals surface area (Å²) in [4.78, 5) is 5.51. The van der Waals surface area contributed by atoms with Crippen LogP contribution in [0.4, 0.5) is 23.2 Å². The smallest absolute Gasteiger partial charge is 0.366 e. The molecule has 0 saturated carbocycles. The Morgan fingerprint density at radius 1 is 1.19 bits per heavy atom. The highest BCUT2D eigenvalue weighted by Gasteiger charge is 2.35. The largest absolute Gasteiger partial charge is 0.418 e. The molecule has 0 amide bonds. The van der Waals surface area contributed by atoms with E-state index < -0.39 is 24.0 Å². The lowest BCUT2D eigenvalue weighted by molar-refractivity contribution is -0.136. The molecule has 1 aromatic heterocycles. The average Bonchev–Trinajstić information content (AvgIpc) is 2.76. The fourth-order valence-corrected chi connectivity index (χ4v) is 2.65. The van der Waals surface area contributed by atoms with Crippen LogP contribution in [0.3, 0.4) is 0 Å². The summed E-state index contributed by atoms with van der Waals surface area (Å²) in [6.07, 6.45) is -4.34. The zero-order chi connectivity index (χ0) is 15.2. The van der Waals surface area contributed by atoms with Crippen molar-refractivity contribution in [2.24, 2.45) is 5.73 Å². The SMILES string of the molecule is NC1CN(c2ccc(C(F)(F)F)c3ncccc23)CC1F. The number of nitrogens with two attached hydrogens (primary N) is 1. The predicted octanol–water partition coefficient (Wildman–Crippen LogP) is 2.74. The van der Waals surface area contributed by atoms with Crippen LogP contribution in [0.25, 0.3) is 10.9 Å². The van der Waals surface area contributed by atoms with E-state index in [-0.39, 0.29) is 18.6 Å². The third-order valence-electron chi connectivity index (χ3n) is 3.68. The van der Waals surface area contributed by atoms with Crippen LogP contribution >= 0.6 is 0 Å². The Hall–Kier alpha value is -1.89. The predicted molar refractivity (Wildman–Crippen MR) is 71.8 cm³/mol. The van der Waals surface area contributed by atoms with Gasteiger partial charge in [0.15, 0.2) is 0 Å². The van der Waals surface area contributed by atoms with Crippen LogP contribution in [0, 0.1) is 0 Å². The van der Waals surface area contributed by atoms with Gasteiger partial charge in [-0.2, -0.15) is 13.2 Å². The molecule has 0 aliphatic carbocycles. The van der Waals surface area contributed by atoms with Crippen LogP contribution in [0.15, 0.2) is 30.5 Å². The number of hydrogen-bond donors (Lipinski definition) is 1. The van der Waals surface area contributed by atoms with Gasteiger partial charge in [0.05, 0.1) is 23.7 Å². The molecule has 2 N–H and O–H groups in total. The van der Waals surface area contributed by atoms with Crippen molar-refractivity contribution in [3.05, 3.63) is 36.0 Å². The minimum Gasteiger partial charge on any atom is -0.366 e. The first-order valence-corrected chi connectivity index (χ1v) is 6.47. The van der Waals surface area contributed by atoms with Crippen LogP contribution in [0.1, 0.15) is 5.56 Å². The molecule has 0 spiro atoms. The fraction of sp³-hybridized carbons (Fsp3) is 0.357. The van der Waals surface area contributed by atoms with Crippen LogP contribution in [-0.2, 0) is 6.18 Å². The lowest BCUT2D eigenvalue weighted by atomic mass is 10.1. The van der Waals surface area contributed by atoms with Gasteiger partial charge in [-0.25, -0.2) is 4.39 Å². The highest BCUT2D eigenvalue weighted by Crippen LogP contribution is 2.38. The van der Waals surface area contributed by atoms with Crippen molar-refractivity contribution in [1.29, 1.82) is 0 Å². The number of rotatable bonds is 1. The molecule has 1 saturated heterocycles. The second kappa shape index (κ2) is 4.84. The van der Waals surface area contributed by atoms with Crippen molar-refractivity contribution in [3.8, 4) is 0 Å².